The molecule has 1 heterocycles. The van der Waals surface area contributed by atoms with E-state index in [0.717, 1.165) is 24.0 Å². The molecule has 0 spiro atoms. The summed E-state index contributed by atoms with van der Waals surface area (Å²) in [6.45, 7) is 5.51. The van der Waals surface area contributed by atoms with Crippen LogP contribution in [0.15, 0.2) is 42.5 Å². The molecule has 1 aliphatic heterocycles. The summed E-state index contributed by atoms with van der Waals surface area (Å²) in [7, 11) is 3.22. The lowest BCUT2D eigenvalue weighted by molar-refractivity contribution is -0.124. The van der Waals surface area contributed by atoms with Crippen molar-refractivity contribution in [1.82, 2.24) is 10.2 Å². The minimum absolute atomic E-state index is 0.0172. The number of unbranched alkanes of at least 4 members (excludes halogenated alkanes) is 1. The maximum atomic E-state index is 13.3. The van der Waals surface area contributed by atoms with E-state index in [9.17, 15) is 9.59 Å². The molecule has 0 bridgehead atoms. The quantitative estimate of drug-likeness (QED) is 0.655. The number of amides is 2. The summed E-state index contributed by atoms with van der Waals surface area (Å²) < 4.78 is 10.9. The summed E-state index contributed by atoms with van der Waals surface area (Å²) >= 11 is 0. The number of benzene rings is 2. The standard InChI is InChI=1S/C25H32N2O4/c1-5-6-13-26-24(28)22-16-27(25(29)19-10-8-7-9-17(19)2)15-21(22)20-12-11-18(30-3)14-23(20)31-4/h7-12,14,21-22H,5-6,13,15-16H2,1-4H3,(H,26,28). The summed E-state index contributed by atoms with van der Waals surface area (Å²) in [5.74, 6) is 0.801. The predicted molar refractivity (Wildman–Crippen MR) is 121 cm³/mol. The summed E-state index contributed by atoms with van der Waals surface area (Å²) in [6, 6.07) is 13.2. The fraction of sp³-hybridized carbons (Fsp3) is 0.440. The highest BCUT2D eigenvalue weighted by atomic mass is 16.5. The molecule has 6 nitrogen and oxygen atoms in total. The Hall–Kier alpha value is -3.02. The number of nitrogens with one attached hydrogen (secondary N) is 1. The fourth-order valence-electron chi connectivity index (χ4n) is 4.18. The summed E-state index contributed by atoms with van der Waals surface area (Å²) in [6.07, 6.45) is 1.94. The Kier molecular flexibility index (Phi) is 7.55. The molecule has 2 aromatic carbocycles. The van der Waals surface area contributed by atoms with Crippen LogP contribution in [-0.2, 0) is 4.79 Å². The maximum Gasteiger partial charge on any atom is 0.254 e. The monoisotopic (exact) mass is 424 g/mol. The van der Waals surface area contributed by atoms with E-state index in [1.807, 2.05) is 49.4 Å². The zero-order valence-electron chi connectivity index (χ0n) is 18.8. The van der Waals surface area contributed by atoms with Crippen molar-refractivity contribution in [1.29, 1.82) is 0 Å². The van der Waals surface area contributed by atoms with Crippen LogP contribution in [0.2, 0.25) is 0 Å². The third kappa shape index (κ3) is 5.01. The molecule has 1 saturated heterocycles. The molecule has 166 valence electrons. The zero-order chi connectivity index (χ0) is 22.4. The zero-order valence-corrected chi connectivity index (χ0v) is 18.8. The van der Waals surface area contributed by atoms with E-state index in [1.165, 1.54) is 0 Å². The number of methoxy groups -OCH3 is 2. The molecule has 2 unspecified atom stereocenters. The summed E-state index contributed by atoms with van der Waals surface area (Å²) in [4.78, 5) is 28.1. The number of aryl methyl sites for hydroxylation is 1. The fourth-order valence-corrected chi connectivity index (χ4v) is 4.18. The van der Waals surface area contributed by atoms with Crippen molar-refractivity contribution in [2.45, 2.75) is 32.6 Å². The highest BCUT2D eigenvalue weighted by molar-refractivity contribution is 5.96. The van der Waals surface area contributed by atoms with Crippen molar-refractivity contribution in [3.8, 4) is 11.5 Å². The Morgan fingerprint density at radius 2 is 1.87 bits per heavy atom. The molecule has 0 aliphatic carbocycles. The van der Waals surface area contributed by atoms with Crippen molar-refractivity contribution < 1.29 is 19.1 Å². The lowest BCUT2D eigenvalue weighted by atomic mass is 9.87. The van der Waals surface area contributed by atoms with Crippen LogP contribution in [0, 0.1) is 12.8 Å². The van der Waals surface area contributed by atoms with E-state index in [4.69, 9.17) is 9.47 Å². The van der Waals surface area contributed by atoms with Crippen molar-refractivity contribution >= 4 is 11.8 Å². The summed E-state index contributed by atoms with van der Waals surface area (Å²) in [5, 5.41) is 3.05. The van der Waals surface area contributed by atoms with E-state index < -0.39 is 0 Å². The molecule has 2 aromatic rings. The maximum absolute atomic E-state index is 13.3. The van der Waals surface area contributed by atoms with Gasteiger partial charge in [0.05, 0.1) is 20.1 Å². The second-order valence-corrected chi connectivity index (χ2v) is 7.99. The van der Waals surface area contributed by atoms with Crippen molar-refractivity contribution in [3.63, 3.8) is 0 Å². The van der Waals surface area contributed by atoms with E-state index >= 15 is 0 Å². The number of ether oxygens (including phenoxy) is 2. The van der Waals surface area contributed by atoms with Crippen LogP contribution in [0.1, 0.15) is 47.2 Å². The lowest BCUT2D eigenvalue weighted by Gasteiger charge is -2.21. The van der Waals surface area contributed by atoms with E-state index in [0.29, 0.717) is 36.7 Å². The van der Waals surface area contributed by atoms with E-state index in [2.05, 4.69) is 12.2 Å². The van der Waals surface area contributed by atoms with Gasteiger partial charge in [-0.1, -0.05) is 37.6 Å². The molecule has 3 rings (SSSR count). The lowest BCUT2D eigenvalue weighted by Crippen LogP contribution is -2.36. The molecule has 31 heavy (non-hydrogen) atoms. The van der Waals surface area contributed by atoms with Crippen LogP contribution >= 0.6 is 0 Å². The normalized spacial score (nSPS) is 18.0. The van der Waals surface area contributed by atoms with Gasteiger partial charge in [-0.3, -0.25) is 9.59 Å². The van der Waals surface area contributed by atoms with Crippen LogP contribution in [0.4, 0.5) is 0 Å². The second-order valence-electron chi connectivity index (χ2n) is 7.99. The number of likely N-dealkylation sites (tertiary alicyclic amines) is 1. The highest BCUT2D eigenvalue weighted by Gasteiger charge is 2.41. The van der Waals surface area contributed by atoms with Gasteiger partial charge in [-0.2, -0.15) is 0 Å². The van der Waals surface area contributed by atoms with Gasteiger partial charge >= 0.3 is 0 Å². The van der Waals surface area contributed by atoms with Gasteiger partial charge in [-0.15, -0.1) is 0 Å². The first kappa shape index (κ1) is 22.7. The smallest absolute Gasteiger partial charge is 0.254 e. The highest BCUT2D eigenvalue weighted by Crippen LogP contribution is 2.39. The van der Waals surface area contributed by atoms with Crippen molar-refractivity contribution in [3.05, 3.63) is 59.2 Å². The molecular formula is C25H32N2O4. The van der Waals surface area contributed by atoms with Gasteiger partial charge in [0.15, 0.2) is 0 Å². The van der Waals surface area contributed by atoms with Crippen molar-refractivity contribution in [2.75, 3.05) is 33.9 Å². The van der Waals surface area contributed by atoms with Gasteiger partial charge in [0.1, 0.15) is 11.5 Å². The van der Waals surface area contributed by atoms with E-state index in [1.54, 1.807) is 19.1 Å². The second kappa shape index (κ2) is 10.3. The SMILES string of the molecule is CCCCNC(=O)C1CN(C(=O)c2ccccc2C)CC1c1ccc(OC)cc1OC. The molecule has 6 heteroatoms. The number of carbonyl (C=O) groups excluding carboxylic acids is 2. The Bertz CT molecular complexity index is 927. The van der Waals surface area contributed by atoms with Crippen LogP contribution in [0.25, 0.3) is 0 Å². The average Bonchev–Trinajstić information content (AvgIpc) is 3.24. The van der Waals surface area contributed by atoms with Gasteiger partial charge in [-0.25, -0.2) is 0 Å². The molecule has 0 aromatic heterocycles. The van der Waals surface area contributed by atoms with Gasteiger partial charge in [0.25, 0.3) is 5.91 Å². The molecule has 0 radical (unpaired) electrons. The van der Waals surface area contributed by atoms with Gasteiger partial charge in [0, 0.05) is 42.7 Å². The topological polar surface area (TPSA) is 67.9 Å². The molecule has 1 aliphatic rings. The Labute approximate surface area is 184 Å². The van der Waals surface area contributed by atoms with E-state index in [-0.39, 0.29) is 23.7 Å². The first-order valence-electron chi connectivity index (χ1n) is 10.8. The minimum Gasteiger partial charge on any atom is -0.497 e. The number of nitrogens with zero attached hydrogens (tertiary/aromatic N) is 1. The Morgan fingerprint density at radius 1 is 1.10 bits per heavy atom. The van der Waals surface area contributed by atoms with Gasteiger partial charge < -0.3 is 19.7 Å². The molecule has 2 amide bonds. The molecule has 0 saturated carbocycles. The largest absolute Gasteiger partial charge is 0.497 e. The number of carbonyl (C=O) groups is 2. The Balaban J connectivity index is 1.92. The average molecular weight is 425 g/mol. The Morgan fingerprint density at radius 3 is 2.55 bits per heavy atom. The van der Waals surface area contributed by atoms with Gasteiger partial charge in [-0.05, 0) is 31.0 Å². The molecule has 2 atom stereocenters. The minimum atomic E-state index is -0.341. The number of hydrogen-bond donors (Lipinski definition) is 1. The predicted octanol–water partition coefficient (Wildman–Crippen LogP) is 3.78. The molecule has 1 N–H and O–H groups in total. The number of rotatable bonds is 8. The molecular weight excluding hydrogens is 392 g/mol. The third-order valence-electron chi connectivity index (χ3n) is 5.99. The third-order valence-corrected chi connectivity index (χ3v) is 5.99. The first-order chi connectivity index (χ1) is 15.0. The first-order valence-corrected chi connectivity index (χ1v) is 10.8. The molecule has 1 fully saturated rings. The van der Waals surface area contributed by atoms with Crippen LogP contribution < -0.4 is 14.8 Å². The van der Waals surface area contributed by atoms with Crippen molar-refractivity contribution in [2.24, 2.45) is 5.92 Å². The van der Waals surface area contributed by atoms with Crippen LogP contribution in [0.5, 0.6) is 11.5 Å². The van der Waals surface area contributed by atoms with Gasteiger partial charge in [0.2, 0.25) is 5.91 Å². The van der Waals surface area contributed by atoms with Crippen LogP contribution in [0.3, 0.4) is 0 Å². The summed E-state index contributed by atoms with van der Waals surface area (Å²) in [5.41, 5.74) is 2.52. The number of hydrogen-bond acceptors (Lipinski definition) is 4. The van der Waals surface area contributed by atoms with Crippen LogP contribution in [-0.4, -0.2) is 50.6 Å².